The van der Waals surface area contributed by atoms with E-state index in [-0.39, 0.29) is 22.5 Å². The number of nitriles is 1. The van der Waals surface area contributed by atoms with Gasteiger partial charge in [-0.15, -0.1) is 23.1 Å². The Labute approximate surface area is 227 Å². The van der Waals surface area contributed by atoms with Crippen molar-refractivity contribution in [1.82, 2.24) is 0 Å². The number of thioether (sulfide) groups is 1. The van der Waals surface area contributed by atoms with Gasteiger partial charge in [0.25, 0.3) is 5.91 Å². The van der Waals surface area contributed by atoms with E-state index in [9.17, 15) is 14.9 Å². The van der Waals surface area contributed by atoms with Gasteiger partial charge in [-0.05, 0) is 79.8 Å². The summed E-state index contributed by atoms with van der Waals surface area (Å²) in [5.74, 6) is 0.272. The molecule has 2 atom stereocenters. The number of fused-ring (bicyclic) bond motifs is 1. The summed E-state index contributed by atoms with van der Waals surface area (Å²) in [4.78, 5) is 27.9. The minimum Gasteiger partial charge on any atom is -0.322 e. The fourth-order valence-corrected chi connectivity index (χ4v) is 6.88. The monoisotopic (exact) mass is 531 g/mol. The van der Waals surface area contributed by atoms with Crippen LogP contribution in [0.15, 0.2) is 53.4 Å². The first-order chi connectivity index (χ1) is 17.6. The van der Waals surface area contributed by atoms with Crippen LogP contribution in [0.1, 0.15) is 66.0 Å². The lowest BCUT2D eigenvalue weighted by Gasteiger charge is -2.33. The van der Waals surface area contributed by atoms with Crippen LogP contribution in [0.5, 0.6) is 0 Å². The Morgan fingerprint density at radius 1 is 1.14 bits per heavy atom. The summed E-state index contributed by atoms with van der Waals surface area (Å²) in [6.07, 6.45) is 2.91. The molecule has 0 saturated heterocycles. The Balaban J connectivity index is 1.42. The highest BCUT2D eigenvalue weighted by molar-refractivity contribution is 8.00. The maximum Gasteiger partial charge on any atom is 0.255 e. The number of thiophene rings is 1. The van der Waals surface area contributed by atoms with Crippen molar-refractivity contribution < 1.29 is 9.59 Å². The van der Waals surface area contributed by atoms with Gasteiger partial charge in [-0.3, -0.25) is 9.59 Å². The molecular weight excluding hydrogens is 498 g/mol. The normalized spacial score (nSPS) is 15.8. The van der Waals surface area contributed by atoms with Crippen molar-refractivity contribution in [1.29, 1.82) is 5.26 Å². The van der Waals surface area contributed by atoms with E-state index in [1.54, 1.807) is 17.4 Å². The first kappa shape index (κ1) is 27.0. The van der Waals surface area contributed by atoms with E-state index >= 15 is 0 Å². The summed E-state index contributed by atoms with van der Waals surface area (Å²) in [6.45, 7) is 10.6. The standard InChI is InChI=1S/C30H33N3O2S2/c1-18-9-6-7-12-23(18)28(35)32-21-10-8-11-22(16-21)36-19(2)27(34)33-29-25(17-31)24-14-13-20(30(3,4)5)15-26(24)37-29/h6-12,16,19-20H,13-15H2,1-5H3,(H,32,35)(H,33,34). The van der Waals surface area contributed by atoms with Gasteiger partial charge in [-0.1, -0.05) is 45.0 Å². The molecule has 1 aliphatic rings. The predicted molar refractivity (Wildman–Crippen MR) is 154 cm³/mol. The van der Waals surface area contributed by atoms with Gasteiger partial charge in [0.05, 0.1) is 10.8 Å². The SMILES string of the molecule is Cc1ccccc1C(=O)Nc1cccc(SC(C)C(=O)Nc2sc3c(c2C#N)CCC(C(C)(C)C)C3)c1. The number of nitrogens with one attached hydrogen (secondary N) is 2. The van der Waals surface area contributed by atoms with Gasteiger partial charge in [0.1, 0.15) is 11.1 Å². The molecule has 4 rings (SSSR count). The molecule has 5 nitrogen and oxygen atoms in total. The molecule has 0 saturated carbocycles. The maximum absolute atomic E-state index is 13.1. The number of nitrogens with zero attached hydrogens (tertiary/aromatic N) is 1. The molecule has 192 valence electrons. The van der Waals surface area contributed by atoms with Crippen LogP contribution in [-0.2, 0) is 17.6 Å². The Hall–Kier alpha value is -3.08. The molecule has 3 aromatic rings. The molecule has 2 unspecified atom stereocenters. The van der Waals surface area contributed by atoms with Crippen LogP contribution in [0, 0.1) is 29.6 Å². The molecule has 2 amide bonds. The highest BCUT2D eigenvalue weighted by atomic mass is 32.2. The summed E-state index contributed by atoms with van der Waals surface area (Å²) in [5, 5.41) is 16.1. The zero-order valence-corrected chi connectivity index (χ0v) is 23.6. The molecule has 0 spiro atoms. The third kappa shape index (κ3) is 6.26. The highest BCUT2D eigenvalue weighted by Gasteiger charge is 2.32. The first-order valence-electron chi connectivity index (χ1n) is 12.6. The van der Waals surface area contributed by atoms with E-state index < -0.39 is 0 Å². The van der Waals surface area contributed by atoms with Crippen LogP contribution in [0.25, 0.3) is 0 Å². The second-order valence-corrected chi connectivity index (χ2v) is 13.2. The molecule has 2 N–H and O–H groups in total. The first-order valence-corrected chi connectivity index (χ1v) is 14.3. The minimum absolute atomic E-state index is 0.137. The second kappa shape index (κ2) is 11.1. The largest absolute Gasteiger partial charge is 0.322 e. The fourth-order valence-electron chi connectivity index (χ4n) is 4.68. The zero-order valence-electron chi connectivity index (χ0n) is 22.0. The molecule has 1 aliphatic carbocycles. The molecule has 0 bridgehead atoms. The number of rotatable bonds is 6. The Morgan fingerprint density at radius 2 is 1.89 bits per heavy atom. The third-order valence-electron chi connectivity index (χ3n) is 7.00. The van der Waals surface area contributed by atoms with E-state index in [1.165, 1.54) is 16.6 Å². The average Bonchev–Trinajstić information content (AvgIpc) is 3.20. The summed E-state index contributed by atoms with van der Waals surface area (Å²) >= 11 is 2.98. The van der Waals surface area contributed by atoms with E-state index in [0.717, 1.165) is 35.3 Å². The summed E-state index contributed by atoms with van der Waals surface area (Å²) < 4.78 is 0. The molecule has 1 aromatic heterocycles. The van der Waals surface area contributed by atoms with Crippen LogP contribution in [0.3, 0.4) is 0 Å². The fraction of sp³-hybridized carbons (Fsp3) is 0.367. The van der Waals surface area contributed by atoms with E-state index in [2.05, 4.69) is 37.5 Å². The lowest BCUT2D eigenvalue weighted by atomic mass is 9.72. The van der Waals surface area contributed by atoms with E-state index in [0.29, 0.717) is 27.7 Å². The summed E-state index contributed by atoms with van der Waals surface area (Å²) in [5.41, 5.74) is 4.18. The van der Waals surface area contributed by atoms with Crippen LogP contribution < -0.4 is 10.6 Å². The number of amides is 2. The quantitative estimate of drug-likeness (QED) is 0.324. The van der Waals surface area contributed by atoms with Crippen molar-refractivity contribution in [2.75, 3.05) is 10.6 Å². The highest BCUT2D eigenvalue weighted by Crippen LogP contribution is 2.44. The molecule has 7 heteroatoms. The van der Waals surface area contributed by atoms with Gasteiger partial charge in [-0.25, -0.2) is 0 Å². The molecule has 0 fully saturated rings. The van der Waals surface area contributed by atoms with Crippen molar-refractivity contribution in [2.24, 2.45) is 11.3 Å². The van der Waals surface area contributed by atoms with Gasteiger partial charge < -0.3 is 10.6 Å². The number of carbonyl (C=O) groups is 2. The number of anilines is 2. The van der Waals surface area contributed by atoms with Crippen molar-refractivity contribution >= 4 is 45.6 Å². The Morgan fingerprint density at radius 3 is 2.59 bits per heavy atom. The summed E-state index contributed by atoms with van der Waals surface area (Å²) in [7, 11) is 0. The third-order valence-corrected chi connectivity index (χ3v) is 9.27. The average molecular weight is 532 g/mol. The number of aryl methyl sites for hydroxylation is 1. The minimum atomic E-state index is -0.379. The van der Waals surface area contributed by atoms with Gasteiger partial charge >= 0.3 is 0 Å². The summed E-state index contributed by atoms with van der Waals surface area (Å²) in [6, 6.07) is 17.3. The van der Waals surface area contributed by atoms with Gasteiger partial charge in [0.2, 0.25) is 5.91 Å². The second-order valence-electron chi connectivity index (χ2n) is 10.7. The Bertz CT molecular complexity index is 1360. The van der Waals surface area contributed by atoms with Crippen molar-refractivity contribution in [3.63, 3.8) is 0 Å². The molecule has 2 aromatic carbocycles. The molecule has 1 heterocycles. The number of hydrogen-bond donors (Lipinski definition) is 2. The molecule has 0 aliphatic heterocycles. The van der Waals surface area contributed by atoms with Crippen LogP contribution in [-0.4, -0.2) is 17.1 Å². The van der Waals surface area contributed by atoms with Crippen molar-refractivity contribution in [3.05, 3.63) is 75.7 Å². The van der Waals surface area contributed by atoms with Gasteiger partial charge in [-0.2, -0.15) is 5.26 Å². The lowest BCUT2D eigenvalue weighted by Crippen LogP contribution is -2.26. The van der Waals surface area contributed by atoms with Crippen LogP contribution in [0.2, 0.25) is 0 Å². The molecule has 37 heavy (non-hydrogen) atoms. The van der Waals surface area contributed by atoms with Gasteiger partial charge in [0, 0.05) is 21.0 Å². The zero-order chi connectivity index (χ0) is 26.7. The smallest absolute Gasteiger partial charge is 0.255 e. The predicted octanol–water partition coefficient (Wildman–Crippen LogP) is 7.45. The van der Waals surface area contributed by atoms with Crippen LogP contribution >= 0.6 is 23.1 Å². The molecule has 0 radical (unpaired) electrons. The van der Waals surface area contributed by atoms with E-state index in [1.807, 2.05) is 56.3 Å². The number of hydrogen-bond acceptors (Lipinski definition) is 5. The van der Waals surface area contributed by atoms with Gasteiger partial charge in [0.15, 0.2) is 0 Å². The molecular formula is C30H33N3O2S2. The lowest BCUT2D eigenvalue weighted by molar-refractivity contribution is -0.115. The Kier molecular flexibility index (Phi) is 8.11. The number of carbonyl (C=O) groups excluding carboxylic acids is 2. The van der Waals surface area contributed by atoms with Crippen LogP contribution in [0.4, 0.5) is 10.7 Å². The van der Waals surface area contributed by atoms with Crippen molar-refractivity contribution in [2.45, 2.75) is 64.0 Å². The van der Waals surface area contributed by atoms with Crippen molar-refractivity contribution in [3.8, 4) is 6.07 Å². The maximum atomic E-state index is 13.1. The topological polar surface area (TPSA) is 82.0 Å². The number of benzene rings is 2. The van der Waals surface area contributed by atoms with E-state index in [4.69, 9.17) is 0 Å².